The van der Waals surface area contributed by atoms with Crippen LogP contribution < -0.4 is 0 Å². The van der Waals surface area contributed by atoms with Crippen LogP contribution in [0.2, 0.25) is 0 Å². The van der Waals surface area contributed by atoms with Gasteiger partial charge in [0.1, 0.15) is 5.60 Å². The Balaban J connectivity index is 2.00. The molecule has 2 aliphatic carbocycles. The van der Waals surface area contributed by atoms with Crippen molar-refractivity contribution >= 4 is 5.97 Å². The van der Waals surface area contributed by atoms with Gasteiger partial charge in [-0.05, 0) is 44.9 Å². The van der Waals surface area contributed by atoms with Gasteiger partial charge in [-0.25, -0.2) is 0 Å². The van der Waals surface area contributed by atoms with Crippen LogP contribution in [-0.4, -0.2) is 11.6 Å². The molecule has 18 heavy (non-hydrogen) atoms. The van der Waals surface area contributed by atoms with E-state index in [4.69, 9.17) is 4.74 Å². The molecule has 0 amide bonds. The smallest absolute Gasteiger partial charge is 0.309 e. The van der Waals surface area contributed by atoms with Crippen molar-refractivity contribution in [3.05, 3.63) is 0 Å². The highest BCUT2D eigenvalue weighted by Crippen LogP contribution is 2.44. The molecule has 0 bridgehead atoms. The lowest BCUT2D eigenvalue weighted by molar-refractivity contribution is -0.167. The Morgan fingerprint density at radius 1 is 1.11 bits per heavy atom. The maximum atomic E-state index is 12.4. The summed E-state index contributed by atoms with van der Waals surface area (Å²) < 4.78 is 5.74. The third-order valence-electron chi connectivity index (χ3n) is 5.11. The number of fused-ring (bicyclic) bond motifs is 1. The molecular formula is C16H28O2. The summed E-state index contributed by atoms with van der Waals surface area (Å²) in [6.45, 7) is 6.12. The number of ether oxygens (including phenoxy) is 1. The van der Waals surface area contributed by atoms with E-state index in [1.54, 1.807) is 0 Å². The molecular weight excluding hydrogens is 224 g/mol. The van der Waals surface area contributed by atoms with Crippen LogP contribution in [0.15, 0.2) is 0 Å². The maximum Gasteiger partial charge on any atom is 0.309 e. The van der Waals surface area contributed by atoms with Gasteiger partial charge in [-0.3, -0.25) is 4.79 Å². The average Bonchev–Trinajstić information content (AvgIpc) is 2.37. The Morgan fingerprint density at radius 2 is 1.78 bits per heavy atom. The van der Waals surface area contributed by atoms with E-state index in [9.17, 15) is 4.79 Å². The molecule has 3 atom stereocenters. The molecule has 0 aliphatic heterocycles. The number of rotatable bonds is 3. The molecule has 0 aromatic heterocycles. The lowest BCUT2D eigenvalue weighted by Crippen LogP contribution is -2.39. The molecule has 104 valence electrons. The van der Waals surface area contributed by atoms with E-state index in [1.807, 2.05) is 13.8 Å². The van der Waals surface area contributed by atoms with E-state index >= 15 is 0 Å². The molecule has 0 radical (unpaired) electrons. The Kier molecular flexibility index (Phi) is 4.34. The predicted octanol–water partition coefficient (Wildman–Crippen LogP) is 4.32. The van der Waals surface area contributed by atoms with Gasteiger partial charge in [-0.1, -0.05) is 39.0 Å². The zero-order valence-electron chi connectivity index (χ0n) is 12.2. The van der Waals surface area contributed by atoms with E-state index in [0.29, 0.717) is 5.92 Å². The monoisotopic (exact) mass is 252 g/mol. The summed E-state index contributed by atoms with van der Waals surface area (Å²) in [5.74, 6) is 1.69. The SMILES string of the molecule is CCC(C)(C)OC(=O)C1CCCC2CCCCC21. The normalized spacial score (nSPS) is 32.7. The van der Waals surface area contributed by atoms with Crippen molar-refractivity contribution in [2.75, 3.05) is 0 Å². The summed E-state index contributed by atoms with van der Waals surface area (Å²) in [7, 11) is 0. The second-order valence-corrected chi connectivity index (χ2v) is 6.78. The van der Waals surface area contributed by atoms with Gasteiger partial charge < -0.3 is 4.74 Å². The van der Waals surface area contributed by atoms with Crippen molar-refractivity contribution in [1.82, 2.24) is 0 Å². The lowest BCUT2D eigenvalue weighted by Gasteiger charge is -2.41. The fourth-order valence-corrected chi connectivity index (χ4v) is 3.65. The third-order valence-corrected chi connectivity index (χ3v) is 5.11. The van der Waals surface area contributed by atoms with Gasteiger partial charge in [-0.2, -0.15) is 0 Å². The number of hydrogen-bond donors (Lipinski definition) is 0. The fraction of sp³-hybridized carbons (Fsp3) is 0.938. The molecule has 2 rings (SSSR count). The Hall–Kier alpha value is -0.530. The van der Waals surface area contributed by atoms with Gasteiger partial charge in [0, 0.05) is 0 Å². The van der Waals surface area contributed by atoms with Crippen LogP contribution in [0.5, 0.6) is 0 Å². The van der Waals surface area contributed by atoms with Crippen molar-refractivity contribution in [3.63, 3.8) is 0 Å². The van der Waals surface area contributed by atoms with Crippen LogP contribution in [0.4, 0.5) is 0 Å². The first-order chi connectivity index (χ1) is 8.53. The molecule has 0 heterocycles. The third kappa shape index (κ3) is 3.07. The van der Waals surface area contributed by atoms with Gasteiger partial charge in [-0.15, -0.1) is 0 Å². The summed E-state index contributed by atoms with van der Waals surface area (Å²) >= 11 is 0. The summed E-state index contributed by atoms with van der Waals surface area (Å²) in [5.41, 5.74) is -0.293. The highest BCUT2D eigenvalue weighted by molar-refractivity contribution is 5.73. The predicted molar refractivity (Wildman–Crippen MR) is 73.3 cm³/mol. The van der Waals surface area contributed by atoms with Gasteiger partial charge >= 0.3 is 5.97 Å². The largest absolute Gasteiger partial charge is 0.459 e. The topological polar surface area (TPSA) is 26.3 Å². The maximum absolute atomic E-state index is 12.4. The Labute approximate surface area is 111 Å². The van der Waals surface area contributed by atoms with Gasteiger partial charge in [0.05, 0.1) is 5.92 Å². The van der Waals surface area contributed by atoms with E-state index in [1.165, 1.54) is 38.5 Å². The van der Waals surface area contributed by atoms with Crippen molar-refractivity contribution in [3.8, 4) is 0 Å². The van der Waals surface area contributed by atoms with Gasteiger partial charge in [0.15, 0.2) is 0 Å². The first-order valence-corrected chi connectivity index (χ1v) is 7.76. The van der Waals surface area contributed by atoms with Crippen LogP contribution in [-0.2, 0) is 9.53 Å². The molecule has 0 saturated heterocycles. The summed E-state index contributed by atoms with van der Waals surface area (Å²) in [5, 5.41) is 0. The Morgan fingerprint density at radius 3 is 2.50 bits per heavy atom. The van der Waals surface area contributed by atoms with Gasteiger partial charge in [0.2, 0.25) is 0 Å². The van der Waals surface area contributed by atoms with E-state index in [0.717, 1.165) is 18.8 Å². The second kappa shape index (κ2) is 5.63. The van der Waals surface area contributed by atoms with E-state index < -0.39 is 0 Å². The molecule has 2 nitrogen and oxygen atoms in total. The summed E-state index contributed by atoms with van der Waals surface area (Å²) in [6.07, 6.45) is 9.76. The Bertz CT molecular complexity index is 293. The molecule has 3 unspecified atom stereocenters. The van der Waals surface area contributed by atoms with Crippen LogP contribution >= 0.6 is 0 Å². The summed E-state index contributed by atoms with van der Waals surface area (Å²) in [6, 6.07) is 0. The summed E-state index contributed by atoms with van der Waals surface area (Å²) in [4.78, 5) is 12.4. The van der Waals surface area contributed by atoms with Crippen LogP contribution in [0, 0.1) is 17.8 Å². The molecule has 0 aromatic rings. The van der Waals surface area contributed by atoms with Crippen molar-refractivity contribution in [2.45, 2.75) is 77.7 Å². The van der Waals surface area contributed by atoms with Crippen molar-refractivity contribution < 1.29 is 9.53 Å². The molecule has 2 saturated carbocycles. The zero-order valence-corrected chi connectivity index (χ0v) is 12.2. The van der Waals surface area contributed by atoms with E-state index in [2.05, 4.69) is 6.92 Å². The van der Waals surface area contributed by atoms with Crippen molar-refractivity contribution in [1.29, 1.82) is 0 Å². The minimum absolute atomic E-state index is 0.0819. The molecule has 0 spiro atoms. The molecule has 0 aromatic carbocycles. The molecule has 2 heteroatoms. The van der Waals surface area contributed by atoms with Crippen LogP contribution in [0.3, 0.4) is 0 Å². The molecule has 0 N–H and O–H groups in total. The van der Waals surface area contributed by atoms with Crippen LogP contribution in [0.1, 0.15) is 72.1 Å². The lowest BCUT2D eigenvalue weighted by atomic mass is 9.65. The second-order valence-electron chi connectivity index (χ2n) is 6.78. The number of carbonyl (C=O) groups is 1. The number of esters is 1. The highest BCUT2D eigenvalue weighted by Gasteiger charge is 2.40. The van der Waals surface area contributed by atoms with E-state index in [-0.39, 0.29) is 17.5 Å². The number of hydrogen-bond acceptors (Lipinski definition) is 2. The molecule has 2 aliphatic rings. The number of carbonyl (C=O) groups excluding carboxylic acids is 1. The standard InChI is InChI=1S/C16H28O2/c1-4-16(2,3)18-15(17)14-11-7-9-12-8-5-6-10-13(12)14/h12-14H,4-11H2,1-3H3. The first-order valence-electron chi connectivity index (χ1n) is 7.76. The first kappa shape index (κ1) is 13.9. The van der Waals surface area contributed by atoms with Crippen LogP contribution in [0.25, 0.3) is 0 Å². The quantitative estimate of drug-likeness (QED) is 0.699. The molecule has 2 fully saturated rings. The minimum atomic E-state index is -0.293. The average molecular weight is 252 g/mol. The highest BCUT2D eigenvalue weighted by atomic mass is 16.6. The van der Waals surface area contributed by atoms with Crippen molar-refractivity contribution in [2.24, 2.45) is 17.8 Å². The minimum Gasteiger partial charge on any atom is -0.459 e. The zero-order chi connectivity index (χ0) is 13.2. The fourth-order valence-electron chi connectivity index (χ4n) is 3.65. The van der Waals surface area contributed by atoms with Gasteiger partial charge in [0.25, 0.3) is 0 Å².